The van der Waals surface area contributed by atoms with Gasteiger partial charge in [-0.05, 0) is 43.7 Å². The summed E-state index contributed by atoms with van der Waals surface area (Å²) in [7, 11) is 0. The fraction of sp³-hybridized carbons (Fsp3) is 0.643. The molecule has 0 saturated heterocycles. The van der Waals surface area contributed by atoms with Crippen LogP contribution < -0.4 is 10.5 Å². The van der Waals surface area contributed by atoms with Crippen LogP contribution in [-0.4, -0.2) is 11.1 Å². The molecule has 2 N–H and O–H groups in total. The summed E-state index contributed by atoms with van der Waals surface area (Å²) >= 11 is 0. The van der Waals surface area contributed by atoms with Crippen molar-refractivity contribution in [1.29, 1.82) is 0 Å². The Morgan fingerprint density at radius 2 is 2.18 bits per heavy atom. The van der Waals surface area contributed by atoms with E-state index in [2.05, 4.69) is 11.9 Å². The van der Waals surface area contributed by atoms with Gasteiger partial charge in [-0.2, -0.15) is 0 Å². The fourth-order valence-electron chi connectivity index (χ4n) is 2.38. The minimum atomic E-state index is 0.0316. The van der Waals surface area contributed by atoms with E-state index in [1.807, 2.05) is 19.1 Å². The van der Waals surface area contributed by atoms with Crippen molar-refractivity contribution < 1.29 is 4.74 Å². The molecule has 1 aliphatic rings. The number of nitrogens with two attached hydrogens (primary N) is 1. The number of nitrogens with zero attached hydrogens (tertiary/aromatic N) is 1. The van der Waals surface area contributed by atoms with E-state index in [1.54, 1.807) is 6.20 Å². The lowest BCUT2D eigenvalue weighted by Gasteiger charge is -2.28. The summed E-state index contributed by atoms with van der Waals surface area (Å²) in [5, 5.41) is 0. The first-order valence-corrected chi connectivity index (χ1v) is 6.55. The fourth-order valence-corrected chi connectivity index (χ4v) is 2.38. The summed E-state index contributed by atoms with van der Waals surface area (Å²) in [6.07, 6.45) is 7.10. The van der Waals surface area contributed by atoms with Gasteiger partial charge < -0.3 is 10.5 Å². The average molecular weight is 234 g/mol. The standard InChI is InChI=1S/C14H22N2O/c1-10-5-3-4-6-13(10)17-14-9-12(11(2)15)7-8-16-14/h7-11,13H,3-6,15H2,1-2H3. The highest BCUT2D eigenvalue weighted by molar-refractivity contribution is 5.23. The highest BCUT2D eigenvalue weighted by atomic mass is 16.5. The van der Waals surface area contributed by atoms with E-state index in [9.17, 15) is 0 Å². The van der Waals surface area contributed by atoms with E-state index in [-0.39, 0.29) is 6.04 Å². The minimum Gasteiger partial charge on any atom is -0.474 e. The number of rotatable bonds is 3. The summed E-state index contributed by atoms with van der Waals surface area (Å²) in [4.78, 5) is 4.27. The predicted molar refractivity (Wildman–Crippen MR) is 68.9 cm³/mol. The lowest BCUT2D eigenvalue weighted by Crippen LogP contribution is -2.28. The average Bonchev–Trinajstić information content (AvgIpc) is 2.32. The van der Waals surface area contributed by atoms with Crippen molar-refractivity contribution in [2.45, 2.75) is 51.7 Å². The Balaban J connectivity index is 2.04. The predicted octanol–water partition coefficient (Wildman–Crippen LogP) is 3.06. The third-order valence-electron chi connectivity index (χ3n) is 3.59. The summed E-state index contributed by atoms with van der Waals surface area (Å²) in [6, 6.07) is 3.94. The molecule has 17 heavy (non-hydrogen) atoms. The first-order valence-electron chi connectivity index (χ1n) is 6.55. The molecule has 1 heterocycles. The van der Waals surface area contributed by atoms with Crippen LogP contribution in [0.2, 0.25) is 0 Å². The summed E-state index contributed by atoms with van der Waals surface area (Å²) in [5.41, 5.74) is 6.94. The molecular weight excluding hydrogens is 212 g/mol. The molecule has 1 fully saturated rings. The zero-order valence-corrected chi connectivity index (χ0v) is 10.7. The maximum absolute atomic E-state index is 5.99. The van der Waals surface area contributed by atoms with E-state index in [0.717, 1.165) is 17.9 Å². The number of aromatic nitrogens is 1. The van der Waals surface area contributed by atoms with Crippen molar-refractivity contribution in [2.24, 2.45) is 11.7 Å². The monoisotopic (exact) mass is 234 g/mol. The van der Waals surface area contributed by atoms with Crippen molar-refractivity contribution in [2.75, 3.05) is 0 Å². The van der Waals surface area contributed by atoms with Gasteiger partial charge in [-0.25, -0.2) is 4.98 Å². The molecule has 1 aromatic heterocycles. The topological polar surface area (TPSA) is 48.1 Å². The van der Waals surface area contributed by atoms with Gasteiger partial charge in [0.2, 0.25) is 5.88 Å². The van der Waals surface area contributed by atoms with Crippen molar-refractivity contribution in [3.05, 3.63) is 23.9 Å². The molecule has 3 atom stereocenters. The first-order chi connectivity index (χ1) is 8.16. The maximum atomic E-state index is 5.99. The van der Waals surface area contributed by atoms with Gasteiger partial charge >= 0.3 is 0 Å². The van der Waals surface area contributed by atoms with Crippen LogP contribution in [0.4, 0.5) is 0 Å². The van der Waals surface area contributed by atoms with Crippen LogP contribution in [0.15, 0.2) is 18.3 Å². The largest absolute Gasteiger partial charge is 0.474 e. The quantitative estimate of drug-likeness (QED) is 0.874. The Labute approximate surface area is 103 Å². The van der Waals surface area contributed by atoms with Gasteiger partial charge in [0, 0.05) is 18.3 Å². The van der Waals surface area contributed by atoms with Crippen LogP contribution in [-0.2, 0) is 0 Å². The van der Waals surface area contributed by atoms with E-state index in [0.29, 0.717) is 12.0 Å². The molecule has 0 spiro atoms. The molecule has 2 rings (SSSR count). The van der Waals surface area contributed by atoms with Gasteiger partial charge in [0.25, 0.3) is 0 Å². The molecular formula is C14H22N2O. The lowest BCUT2D eigenvalue weighted by atomic mass is 9.88. The lowest BCUT2D eigenvalue weighted by molar-refractivity contribution is 0.0975. The van der Waals surface area contributed by atoms with Crippen LogP contribution in [0.1, 0.15) is 51.1 Å². The second-order valence-corrected chi connectivity index (χ2v) is 5.13. The second-order valence-electron chi connectivity index (χ2n) is 5.13. The van der Waals surface area contributed by atoms with Gasteiger partial charge in [-0.15, -0.1) is 0 Å². The van der Waals surface area contributed by atoms with Crippen LogP contribution in [0.3, 0.4) is 0 Å². The second kappa shape index (κ2) is 5.50. The number of ether oxygens (including phenoxy) is 1. The Bertz CT molecular complexity index is 365. The van der Waals surface area contributed by atoms with Gasteiger partial charge in [0.05, 0.1) is 0 Å². The minimum absolute atomic E-state index is 0.0316. The molecule has 3 heteroatoms. The van der Waals surface area contributed by atoms with Gasteiger partial charge in [-0.1, -0.05) is 13.3 Å². The molecule has 0 aliphatic heterocycles. The maximum Gasteiger partial charge on any atom is 0.213 e. The number of hydrogen-bond acceptors (Lipinski definition) is 3. The van der Waals surface area contributed by atoms with Crippen molar-refractivity contribution in [3.63, 3.8) is 0 Å². The zero-order chi connectivity index (χ0) is 12.3. The van der Waals surface area contributed by atoms with Gasteiger partial charge in [0.1, 0.15) is 6.10 Å². The highest BCUT2D eigenvalue weighted by Crippen LogP contribution is 2.27. The van der Waals surface area contributed by atoms with Crippen LogP contribution in [0, 0.1) is 5.92 Å². The normalized spacial score (nSPS) is 26.5. The molecule has 0 bridgehead atoms. The summed E-state index contributed by atoms with van der Waals surface area (Å²) < 4.78 is 5.99. The molecule has 0 radical (unpaired) electrons. The Kier molecular flexibility index (Phi) is 4.00. The first kappa shape index (κ1) is 12.4. The zero-order valence-electron chi connectivity index (χ0n) is 10.7. The Morgan fingerprint density at radius 3 is 2.88 bits per heavy atom. The SMILES string of the molecule is CC(N)c1ccnc(OC2CCCCC2C)c1. The van der Waals surface area contributed by atoms with E-state index >= 15 is 0 Å². The third kappa shape index (κ3) is 3.19. The van der Waals surface area contributed by atoms with Gasteiger partial charge in [-0.3, -0.25) is 0 Å². The molecule has 0 aromatic carbocycles. The summed E-state index contributed by atoms with van der Waals surface area (Å²) in [6.45, 7) is 4.24. The molecule has 1 saturated carbocycles. The van der Waals surface area contributed by atoms with E-state index in [4.69, 9.17) is 10.5 Å². The molecule has 3 nitrogen and oxygen atoms in total. The molecule has 3 unspecified atom stereocenters. The Hall–Kier alpha value is -1.09. The van der Waals surface area contributed by atoms with Crippen LogP contribution in [0.5, 0.6) is 5.88 Å². The molecule has 0 amide bonds. The van der Waals surface area contributed by atoms with Crippen molar-refractivity contribution in [3.8, 4) is 5.88 Å². The van der Waals surface area contributed by atoms with Crippen LogP contribution in [0.25, 0.3) is 0 Å². The number of hydrogen-bond donors (Lipinski definition) is 1. The Morgan fingerprint density at radius 1 is 1.41 bits per heavy atom. The summed E-state index contributed by atoms with van der Waals surface area (Å²) in [5.74, 6) is 1.35. The molecule has 1 aromatic rings. The number of pyridine rings is 1. The van der Waals surface area contributed by atoms with Crippen molar-refractivity contribution >= 4 is 0 Å². The highest BCUT2D eigenvalue weighted by Gasteiger charge is 2.23. The smallest absolute Gasteiger partial charge is 0.213 e. The third-order valence-corrected chi connectivity index (χ3v) is 3.59. The van der Waals surface area contributed by atoms with E-state index < -0.39 is 0 Å². The molecule has 1 aliphatic carbocycles. The van der Waals surface area contributed by atoms with Gasteiger partial charge in [0.15, 0.2) is 0 Å². The van der Waals surface area contributed by atoms with Crippen LogP contribution >= 0.6 is 0 Å². The van der Waals surface area contributed by atoms with Crippen molar-refractivity contribution in [1.82, 2.24) is 4.98 Å². The molecule has 94 valence electrons. The van der Waals surface area contributed by atoms with E-state index in [1.165, 1.54) is 19.3 Å².